The van der Waals surface area contributed by atoms with Crippen LogP contribution in [0.1, 0.15) is 30.9 Å². The largest absolute Gasteiger partial charge is 0.346 e. The van der Waals surface area contributed by atoms with E-state index in [0.717, 1.165) is 18.4 Å². The molecule has 0 N–H and O–H groups in total. The van der Waals surface area contributed by atoms with Gasteiger partial charge in [0.2, 0.25) is 0 Å². The van der Waals surface area contributed by atoms with Crippen molar-refractivity contribution in [3.05, 3.63) is 76.5 Å². The molecule has 0 amide bonds. The molecule has 0 aliphatic heterocycles. The summed E-state index contributed by atoms with van der Waals surface area (Å²) in [5.74, 6) is -0.190. The molecule has 1 saturated carbocycles. The maximum absolute atomic E-state index is 14.2. The van der Waals surface area contributed by atoms with Gasteiger partial charge in [0.25, 0.3) is 0 Å². The number of aryl methyl sites for hydroxylation is 1. The summed E-state index contributed by atoms with van der Waals surface area (Å²) in [6, 6.07) is 16.0. The van der Waals surface area contributed by atoms with E-state index in [9.17, 15) is 14.0 Å². The average Bonchev–Trinajstić information content (AvgIpc) is 3.46. The van der Waals surface area contributed by atoms with Crippen LogP contribution < -0.4 is 5.69 Å². The summed E-state index contributed by atoms with van der Waals surface area (Å²) in [5.41, 5.74) is 1.02. The number of carbonyl (C=O) groups excluding carboxylic acids is 1. The number of halogens is 1. The van der Waals surface area contributed by atoms with E-state index in [-0.39, 0.29) is 29.6 Å². The van der Waals surface area contributed by atoms with Crippen molar-refractivity contribution in [3.63, 3.8) is 0 Å². The van der Waals surface area contributed by atoms with E-state index in [0.29, 0.717) is 18.7 Å². The first-order valence-corrected chi connectivity index (χ1v) is 9.13. The van der Waals surface area contributed by atoms with E-state index < -0.39 is 5.82 Å². The fourth-order valence-corrected chi connectivity index (χ4v) is 3.19. The van der Waals surface area contributed by atoms with E-state index in [1.807, 2.05) is 30.3 Å². The van der Waals surface area contributed by atoms with Gasteiger partial charge in [-0.2, -0.15) is 0 Å². The lowest BCUT2D eigenvalue weighted by Crippen LogP contribution is -2.27. The van der Waals surface area contributed by atoms with Gasteiger partial charge in [0.15, 0.2) is 11.6 Å². The summed E-state index contributed by atoms with van der Waals surface area (Å²) in [5, 5.41) is 4.30. The highest BCUT2D eigenvalue weighted by molar-refractivity contribution is 5.78. The third-order valence-corrected chi connectivity index (χ3v) is 4.76. The molecule has 3 aromatic rings. The minimum atomic E-state index is -0.424. The molecule has 138 valence electrons. The van der Waals surface area contributed by atoms with Gasteiger partial charge < -0.3 is 0 Å². The van der Waals surface area contributed by atoms with E-state index in [1.54, 1.807) is 18.2 Å². The second-order valence-corrected chi connectivity index (χ2v) is 6.87. The lowest BCUT2D eigenvalue weighted by Gasteiger charge is -2.04. The summed E-state index contributed by atoms with van der Waals surface area (Å²) >= 11 is 0. The van der Waals surface area contributed by atoms with Crippen molar-refractivity contribution < 1.29 is 9.18 Å². The van der Waals surface area contributed by atoms with Crippen LogP contribution in [-0.4, -0.2) is 20.1 Å². The minimum Gasteiger partial charge on any atom is -0.298 e. The number of Topliss-reactive ketones (excluding diaryl/α,β-unsaturated/α-hetero) is 1. The maximum atomic E-state index is 14.2. The van der Waals surface area contributed by atoms with Crippen LogP contribution >= 0.6 is 0 Å². The first-order valence-electron chi connectivity index (χ1n) is 9.13. The lowest BCUT2D eigenvalue weighted by atomic mass is 10.1. The molecule has 0 radical (unpaired) electrons. The number of nitrogens with zero attached hydrogens (tertiary/aromatic N) is 3. The number of carbonyl (C=O) groups is 1. The van der Waals surface area contributed by atoms with E-state index in [1.165, 1.54) is 15.3 Å². The SMILES string of the molecule is O=C(CCc1ccccc1)Cn1nc(-c2ccccc2F)n(C2CC2)c1=O. The monoisotopic (exact) mass is 365 g/mol. The second-order valence-electron chi connectivity index (χ2n) is 6.87. The summed E-state index contributed by atoms with van der Waals surface area (Å²) < 4.78 is 16.9. The van der Waals surface area contributed by atoms with Crippen molar-refractivity contribution in [3.8, 4) is 11.4 Å². The van der Waals surface area contributed by atoms with Crippen LogP contribution in [0.4, 0.5) is 4.39 Å². The maximum Gasteiger partial charge on any atom is 0.346 e. The van der Waals surface area contributed by atoms with Crippen LogP contribution in [0.5, 0.6) is 0 Å². The summed E-state index contributed by atoms with van der Waals surface area (Å²) in [6.45, 7) is -0.0904. The first kappa shape index (κ1) is 17.4. The number of ketones is 1. The molecule has 6 heteroatoms. The molecular formula is C21H20FN3O2. The summed E-state index contributed by atoms with van der Waals surface area (Å²) in [7, 11) is 0. The number of rotatable bonds is 7. The zero-order chi connectivity index (χ0) is 18.8. The van der Waals surface area contributed by atoms with Gasteiger partial charge >= 0.3 is 5.69 Å². The van der Waals surface area contributed by atoms with Crippen molar-refractivity contribution in [2.24, 2.45) is 0 Å². The fraction of sp³-hybridized carbons (Fsp3) is 0.286. The fourth-order valence-electron chi connectivity index (χ4n) is 3.19. The minimum absolute atomic E-state index is 0.0419. The van der Waals surface area contributed by atoms with E-state index >= 15 is 0 Å². The third kappa shape index (κ3) is 3.74. The van der Waals surface area contributed by atoms with Gasteiger partial charge in [0.1, 0.15) is 12.4 Å². The Morgan fingerprint density at radius 1 is 1.07 bits per heavy atom. The van der Waals surface area contributed by atoms with Crippen molar-refractivity contribution in [2.75, 3.05) is 0 Å². The Morgan fingerprint density at radius 3 is 2.48 bits per heavy atom. The van der Waals surface area contributed by atoms with Gasteiger partial charge in [0, 0.05) is 12.5 Å². The van der Waals surface area contributed by atoms with Crippen LogP contribution in [0.25, 0.3) is 11.4 Å². The number of hydrogen-bond donors (Lipinski definition) is 0. The summed E-state index contributed by atoms with van der Waals surface area (Å²) in [6.07, 6.45) is 2.70. The molecule has 1 heterocycles. The van der Waals surface area contributed by atoms with Crippen LogP contribution in [-0.2, 0) is 17.8 Å². The Bertz CT molecular complexity index is 1020. The quantitative estimate of drug-likeness (QED) is 0.645. The Balaban J connectivity index is 1.57. The Labute approximate surface area is 156 Å². The van der Waals surface area contributed by atoms with Gasteiger partial charge in [-0.05, 0) is 37.0 Å². The molecule has 0 bridgehead atoms. The van der Waals surface area contributed by atoms with Crippen LogP contribution in [0, 0.1) is 5.82 Å². The van der Waals surface area contributed by atoms with Gasteiger partial charge in [-0.15, -0.1) is 5.10 Å². The Hall–Kier alpha value is -3.02. The molecule has 1 aromatic heterocycles. The molecule has 5 nitrogen and oxygen atoms in total. The van der Waals surface area contributed by atoms with Gasteiger partial charge in [-0.1, -0.05) is 42.5 Å². The number of hydrogen-bond acceptors (Lipinski definition) is 3. The van der Waals surface area contributed by atoms with E-state index in [4.69, 9.17) is 0 Å². The zero-order valence-electron chi connectivity index (χ0n) is 14.8. The highest BCUT2D eigenvalue weighted by atomic mass is 19.1. The highest BCUT2D eigenvalue weighted by Gasteiger charge is 2.31. The molecule has 0 saturated heterocycles. The topological polar surface area (TPSA) is 56.9 Å². The average molecular weight is 365 g/mol. The molecule has 1 aliphatic rings. The smallest absolute Gasteiger partial charge is 0.298 e. The van der Waals surface area contributed by atoms with E-state index in [2.05, 4.69) is 5.10 Å². The van der Waals surface area contributed by atoms with Crippen molar-refractivity contribution >= 4 is 5.78 Å². The normalized spacial score (nSPS) is 13.7. The molecule has 4 rings (SSSR count). The molecule has 0 unspecified atom stereocenters. The predicted octanol–water partition coefficient (Wildman–Crippen LogP) is 3.39. The molecule has 27 heavy (non-hydrogen) atoms. The molecule has 0 atom stereocenters. The molecule has 2 aromatic carbocycles. The molecule has 1 aliphatic carbocycles. The van der Waals surface area contributed by atoms with Gasteiger partial charge in [-0.25, -0.2) is 13.9 Å². The van der Waals surface area contributed by atoms with Crippen LogP contribution in [0.3, 0.4) is 0 Å². The molecule has 1 fully saturated rings. The predicted molar refractivity (Wildman–Crippen MR) is 99.9 cm³/mol. The van der Waals surface area contributed by atoms with Gasteiger partial charge in [-0.3, -0.25) is 9.36 Å². The number of benzene rings is 2. The second kappa shape index (κ2) is 7.31. The molecular weight excluding hydrogens is 345 g/mol. The van der Waals surface area contributed by atoms with Gasteiger partial charge in [0.05, 0.1) is 5.56 Å². The van der Waals surface area contributed by atoms with Crippen molar-refractivity contribution in [1.82, 2.24) is 14.3 Å². The Kier molecular flexibility index (Phi) is 4.71. The van der Waals surface area contributed by atoms with Crippen molar-refractivity contribution in [1.29, 1.82) is 0 Å². The lowest BCUT2D eigenvalue weighted by molar-refractivity contribution is -0.119. The molecule has 0 spiro atoms. The summed E-state index contributed by atoms with van der Waals surface area (Å²) in [4.78, 5) is 25.1. The highest BCUT2D eigenvalue weighted by Crippen LogP contribution is 2.36. The number of aromatic nitrogens is 3. The Morgan fingerprint density at radius 2 is 1.78 bits per heavy atom. The standard InChI is InChI=1S/C21H20FN3O2/c22-19-9-5-4-8-18(19)20-23-24(21(27)25(20)16-11-12-16)14-17(26)13-10-15-6-2-1-3-7-15/h1-9,16H,10-14H2. The van der Waals surface area contributed by atoms with Crippen molar-refractivity contribution in [2.45, 2.75) is 38.3 Å². The third-order valence-electron chi connectivity index (χ3n) is 4.76. The van der Waals surface area contributed by atoms with Crippen LogP contribution in [0.15, 0.2) is 59.4 Å². The van der Waals surface area contributed by atoms with Crippen LogP contribution in [0.2, 0.25) is 0 Å². The zero-order valence-corrected chi connectivity index (χ0v) is 14.8. The first-order chi connectivity index (χ1) is 13.1.